The van der Waals surface area contributed by atoms with Gasteiger partial charge >= 0.3 is 0 Å². The fourth-order valence-corrected chi connectivity index (χ4v) is 5.22. The van der Waals surface area contributed by atoms with Crippen molar-refractivity contribution in [3.63, 3.8) is 0 Å². The Morgan fingerprint density at radius 2 is 1.94 bits per heavy atom. The number of rotatable bonds is 4. The Morgan fingerprint density at radius 3 is 2.69 bits per heavy atom. The van der Waals surface area contributed by atoms with Crippen molar-refractivity contribution >= 4 is 27.6 Å². The molecule has 6 rings (SSSR count). The number of fused-ring (bicyclic) bond motifs is 3. The third-order valence-corrected chi connectivity index (χ3v) is 7.09. The van der Waals surface area contributed by atoms with Crippen molar-refractivity contribution in [1.82, 2.24) is 9.88 Å². The first-order chi connectivity index (χ1) is 16.9. The van der Waals surface area contributed by atoms with Crippen molar-refractivity contribution in [2.24, 2.45) is 5.92 Å². The molecule has 176 valence electrons. The number of ether oxygens (including phenoxy) is 1. The molecule has 1 unspecified atom stereocenters. The molecule has 5 nitrogen and oxygen atoms in total. The van der Waals surface area contributed by atoms with Crippen LogP contribution < -0.4 is 15.5 Å². The van der Waals surface area contributed by atoms with E-state index in [1.165, 1.54) is 11.8 Å². The van der Waals surface area contributed by atoms with E-state index in [9.17, 15) is 18.4 Å². The van der Waals surface area contributed by atoms with Crippen LogP contribution in [0.5, 0.6) is 11.5 Å². The van der Waals surface area contributed by atoms with Gasteiger partial charge in [-0.25, -0.2) is 4.39 Å². The minimum Gasteiger partial charge on any atom is -0.450 e. The minimum atomic E-state index is -1.21. The van der Waals surface area contributed by atoms with Gasteiger partial charge in [-0.1, -0.05) is 36.4 Å². The van der Waals surface area contributed by atoms with Crippen LogP contribution >= 0.6 is 0 Å². The van der Waals surface area contributed by atoms with Crippen LogP contribution in [-0.2, 0) is 0 Å². The van der Waals surface area contributed by atoms with E-state index in [-0.39, 0.29) is 22.2 Å². The predicted molar refractivity (Wildman–Crippen MR) is 130 cm³/mol. The number of pyridine rings is 1. The van der Waals surface area contributed by atoms with Crippen LogP contribution in [0, 0.1) is 17.6 Å². The lowest BCUT2D eigenvalue weighted by molar-refractivity contribution is 0.0950. The maximum Gasteiger partial charge on any atom is 0.256 e. The summed E-state index contributed by atoms with van der Waals surface area (Å²) in [5.74, 6) is -2.64. The molecule has 1 atom stereocenters. The molecule has 1 saturated carbocycles. The third-order valence-electron chi connectivity index (χ3n) is 7.09. The highest BCUT2D eigenvalue weighted by Crippen LogP contribution is 2.43. The van der Waals surface area contributed by atoms with Crippen LogP contribution in [0.25, 0.3) is 27.4 Å². The molecule has 0 spiro atoms. The lowest BCUT2D eigenvalue weighted by Gasteiger charge is -2.25. The molecule has 4 aromatic rings. The van der Waals surface area contributed by atoms with E-state index in [0.717, 1.165) is 42.5 Å². The van der Waals surface area contributed by atoms with Crippen molar-refractivity contribution in [2.45, 2.75) is 25.7 Å². The van der Waals surface area contributed by atoms with Gasteiger partial charge in [-0.2, -0.15) is 4.39 Å². The van der Waals surface area contributed by atoms with Crippen LogP contribution in [0.1, 0.15) is 36.0 Å². The normalized spacial score (nSPS) is 16.4. The van der Waals surface area contributed by atoms with Gasteiger partial charge in [0.25, 0.3) is 5.91 Å². The molecule has 1 aliphatic heterocycles. The summed E-state index contributed by atoms with van der Waals surface area (Å²) in [5, 5.41) is 4.46. The molecule has 7 heteroatoms. The molecule has 1 aliphatic carbocycles. The van der Waals surface area contributed by atoms with E-state index in [4.69, 9.17) is 4.74 Å². The van der Waals surface area contributed by atoms with Gasteiger partial charge in [0.2, 0.25) is 11.2 Å². The molecule has 2 heterocycles. The second-order valence-corrected chi connectivity index (χ2v) is 9.20. The molecule has 0 radical (unpaired) electrons. The van der Waals surface area contributed by atoms with Gasteiger partial charge in [0.15, 0.2) is 17.3 Å². The zero-order valence-electron chi connectivity index (χ0n) is 18.9. The number of carbonyl (C=O) groups excluding carboxylic acids is 1. The predicted octanol–water partition coefficient (Wildman–Crippen LogP) is 6.00. The van der Waals surface area contributed by atoms with Gasteiger partial charge in [0.05, 0.1) is 11.1 Å². The quantitative estimate of drug-likeness (QED) is 0.326. The van der Waals surface area contributed by atoms with E-state index >= 15 is 0 Å². The third kappa shape index (κ3) is 3.41. The number of aromatic nitrogens is 1. The van der Waals surface area contributed by atoms with Gasteiger partial charge < -0.3 is 14.6 Å². The van der Waals surface area contributed by atoms with Crippen molar-refractivity contribution < 1.29 is 18.3 Å². The summed E-state index contributed by atoms with van der Waals surface area (Å²) in [6, 6.07) is 12.0. The number of nitrogens with one attached hydrogen (secondary N) is 1. The lowest BCUT2D eigenvalue weighted by Crippen LogP contribution is -2.31. The van der Waals surface area contributed by atoms with Crippen molar-refractivity contribution in [3.8, 4) is 17.2 Å². The van der Waals surface area contributed by atoms with Gasteiger partial charge in [-0.15, -0.1) is 0 Å². The molecule has 1 fully saturated rings. The molecule has 0 saturated heterocycles. The first-order valence-electron chi connectivity index (χ1n) is 11.7. The Bertz CT molecular complexity index is 1620. The first kappa shape index (κ1) is 21.5. The number of nitrogens with zero attached hydrogens (tertiary/aromatic N) is 1. The standard InChI is InChI=1S/C28H22F2N2O3/c1-15-5-4-8-16(15)9-10-31-28(34)20-14-32-22-11-17-6-2-3-7-18(17)12-23(22)35-27-24(30)21(29)13-19(25(27)32)26(20)33/h2-3,6-7,11-14,16H,1,4-5,8-10H2,(H,31,34). The topological polar surface area (TPSA) is 60.3 Å². The second kappa shape index (κ2) is 8.05. The zero-order valence-corrected chi connectivity index (χ0v) is 18.9. The Hall–Kier alpha value is -4.00. The highest BCUT2D eigenvalue weighted by atomic mass is 19.2. The lowest BCUT2D eigenvalue weighted by atomic mass is 10.0. The number of halogens is 2. The SMILES string of the molecule is C=C1CCCC1CCNC(=O)c1cn2c3c(c(F)c(F)cc3c1=O)Oc1cc3ccccc3cc1-2. The first-order valence-corrected chi connectivity index (χ1v) is 11.7. The van der Waals surface area contributed by atoms with Crippen LogP contribution in [0.2, 0.25) is 0 Å². The molecule has 1 N–H and O–H groups in total. The van der Waals surface area contributed by atoms with Crippen LogP contribution in [-0.4, -0.2) is 17.0 Å². The van der Waals surface area contributed by atoms with Crippen molar-refractivity contribution in [1.29, 1.82) is 0 Å². The Balaban J connectivity index is 1.48. The minimum absolute atomic E-state index is 0.0930. The number of hydrogen-bond donors (Lipinski definition) is 1. The Labute approximate surface area is 199 Å². The summed E-state index contributed by atoms with van der Waals surface area (Å²) < 4.78 is 36.6. The summed E-state index contributed by atoms with van der Waals surface area (Å²) in [6.07, 6.45) is 5.31. The average Bonchev–Trinajstić information content (AvgIpc) is 3.26. The van der Waals surface area contributed by atoms with Crippen LogP contribution in [0.15, 0.2) is 65.6 Å². The number of amides is 1. The number of benzene rings is 3. The summed E-state index contributed by atoms with van der Waals surface area (Å²) in [5.41, 5.74) is 1.01. The van der Waals surface area contributed by atoms with Crippen LogP contribution in [0.4, 0.5) is 8.78 Å². The summed E-state index contributed by atoms with van der Waals surface area (Å²) >= 11 is 0. The van der Waals surface area contributed by atoms with Gasteiger partial charge in [0, 0.05) is 12.7 Å². The average molecular weight is 472 g/mol. The monoisotopic (exact) mass is 472 g/mol. The maximum atomic E-state index is 14.8. The molecule has 35 heavy (non-hydrogen) atoms. The highest BCUT2D eigenvalue weighted by Gasteiger charge is 2.29. The molecule has 0 bridgehead atoms. The molecule has 1 aromatic heterocycles. The molecular weight excluding hydrogens is 450 g/mol. The van der Waals surface area contributed by atoms with E-state index in [1.807, 2.05) is 30.3 Å². The summed E-state index contributed by atoms with van der Waals surface area (Å²) in [6.45, 7) is 4.49. The van der Waals surface area contributed by atoms with Crippen LogP contribution in [0.3, 0.4) is 0 Å². The van der Waals surface area contributed by atoms with Gasteiger partial charge in [0.1, 0.15) is 11.1 Å². The van der Waals surface area contributed by atoms with E-state index in [1.54, 1.807) is 10.6 Å². The van der Waals surface area contributed by atoms with E-state index < -0.39 is 23.0 Å². The number of allylic oxidation sites excluding steroid dienone is 1. The largest absolute Gasteiger partial charge is 0.450 e. The van der Waals surface area contributed by atoms with Gasteiger partial charge in [-0.3, -0.25) is 9.59 Å². The maximum absolute atomic E-state index is 14.8. The van der Waals surface area contributed by atoms with E-state index in [2.05, 4.69) is 11.9 Å². The molecule has 2 aliphatic rings. The summed E-state index contributed by atoms with van der Waals surface area (Å²) in [7, 11) is 0. The fourth-order valence-electron chi connectivity index (χ4n) is 5.22. The fraction of sp³-hybridized carbons (Fsp3) is 0.214. The van der Waals surface area contributed by atoms with Crippen molar-refractivity contribution in [2.75, 3.05) is 6.54 Å². The van der Waals surface area contributed by atoms with E-state index in [0.29, 0.717) is 23.9 Å². The zero-order chi connectivity index (χ0) is 24.3. The molecule has 1 amide bonds. The Morgan fingerprint density at radius 1 is 1.17 bits per heavy atom. The molecular formula is C28H22F2N2O3. The van der Waals surface area contributed by atoms with Crippen molar-refractivity contribution in [3.05, 3.63) is 88.2 Å². The Kier molecular flexibility index (Phi) is 4.95. The summed E-state index contributed by atoms with van der Waals surface area (Å²) in [4.78, 5) is 26.3. The number of carbonyl (C=O) groups is 1. The van der Waals surface area contributed by atoms with Gasteiger partial charge in [-0.05, 0) is 60.6 Å². The number of hydrogen-bond acceptors (Lipinski definition) is 3. The smallest absolute Gasteiger partial charge is 0.256 e. The molecule has 3 aromatic carbocycles. The second-order valence-electron chi connectivity index (χ2n) is 9.20. The highest BCUT2D eigenvalue weighted by molar-refractivity contribution is 6.00.